The Morgan fingerprint density at radius 1 is 1.03 bits per heavy atom. The standard InChI is InChI=1S/C24H28N2O3S/c1-18-12-14-20(15-13-18)30(28,29)23-16-26(22-11-7-6-10-21(22)23)17-24(27)25(2)19-8-4-3-5-9-19/h6-7,10-16,19H,3-5,8-9,17H2,1-2H3. The van der Waals surface area contributed by atoms with Crippen molar-refractivity contribution >= 4 is 26.6 Å². The normalized spacial score (nSPS) is 15.4. The van der Waals surface area contributed by atoms with Gasteiger partial charge >= 0.3 is 0 Å². The molecule has 0 saturated heterocycles. The van der Waals surface area contributed by atoms with E-state index in [2.05, 4.69) is 0 Å². The van der Waals surface area contributed by atoms with Gasteiger partial charge in [-0.2, -0.15) is 0 Å². The van der Waals surface area contributed by atoms with Gasteiger partial charge in [-0.05, 0) is 38.0 Å². The number of carbonyl (C=O) groups is 1. The van der Waals surface area contributed by atoms with Gasteiger partial charge in [-0.3, -0.25) is 4.79 Å². The molecule has 3 aromatic rings. The molecule has 1 saturated carbocycles. The molecular formula is C24H28N2O3S. The third kappa shape index (κ3) is 3.88. The van der Waals surface area contributed by atoms with Gasteiger partial charge in [0.15, 0.2) is 0 Å². The molecule has 0 aliphatic heterocycles. The van der Waals surface area contributed by atoms with Crippen LogP contribution >= 0.6 is 0 Å². The zero-order valence-corrected chi connectivity index (χ0v) is 18.4. The summed E-state index contributed by atoms with van der Waals surface area (Å²) < 4.78 is 28.4. The van der Waals surface area contributed by atoms with Crippen molar-refractivity contribution in [3.05, 3.63) is 60.3 Å². The molecular weight excluding hydrogens is 396 g/mol. The molecule has 4 rings (SSSR count). The lowest BCUT2D eigenvalue weighted by molar-refractivity contribution is -0.133. The Kier molecular flexibility index (Phi) is 5.69. The van der Waals surface area contributed by atoms with Crippen LogP contribution in [0.4, 0.5) is 0 Å². The van der Waals surface area contributed by atoms with Crippen molar-refractivity contribution in [2.75, 3.05) is 7.05 Å². The third-order valence-corrected chi connectivity index (χ3v) is 7.99. The van der Waals surface area contributed by atoms with Gasteiger partial charge in [0.25, 0.3) is 0 Å². The minimum atomic E-state index is -3.68. The summed E-state index contributed by atoms with van der Waals surface area (Å²) in [5, 5.41) is 0.645. The first-order valence-electron chi connectivity index (χ1n) is 10.5. The average molecular weight is 425 g/mol. The number of rotatable bonds is 5. The average Bonchev–Trinajstić information content (AvgIpc) is 3.13. The molecule has 2 aromatic carbocycles. The molecule has 0 atom stereocenters. The predicted octanol–water partition coefficient (Wildman–Crippen LogP) is 4.57. The van der Waals surface area contributed by atoms with Gasteiger partial charge < -0.3 is 9.47 Å². The number of aromatic nitrogens is 1. The van der Waals surface area contributed by atoms with E-state index in [9.17, 15) is 13.2 Å². The zero-order valence-electron chi connectivity index (χ0n) is 17.5. The van der Waals surface area contributed by atoms with Crippen LogP contribution in [0.3, 0.4) is 0 Å². The van der Waals surface area contributed by atoms with Gasteiger partial charge in [0, 0.05) is 30.2 Å². The minimum absolute atomic E-state index is 0.0157. The van der Waals surface area contributed by atoms with Crippen LogP contribution in [-0.2, 0) is 21.2 Å². The minimum Gasteiger partial charge on any atom is -0.341 e. The molecule has 1 aromatic heterocycles. The highest BCUT2D eigenvalue weighted by Gasteiger charge is 2.26. The van der Waals surface area contributed by atoms with E-state index in [1.165, 1.54) is 6.42 Å². The maximum Gasteiger partial charge on any atom is 0.242 e. The van der Waals surface area contributed by atoms with Crippen molar-refractivity contribution in [2.24, 2.45) is 0 Å². The van der Waals surface area contributed by atoms with Crippen LogP contribution in [0.15, 0.2) is 64.5 Å². The van der Waals surface area contributed by atoms with Crippen molar-refractivity contribution in [2.45, 2.75) is 61.4 Å². The topological polar surface area (TPSA) is 59.4 Å². The van der Waals surface area contributed by atoms with E-state index in [4.69, 9.17) is 0 Å². The van der Waals surface area contributed by atoms with Crippen molar-refractivity contribution in [1.82, 2.24) is 9.47 Å². The fraction of sp³-hybridized carbons (Fsp3) is 0.375. The fourth-order valence-electron chi connectivity index (χ4n) is 4.33. The molecule has 0 N–H and O–H groups in total. The number of likely N-dealkylation sites (N-methyl/N-ethyl adjacent to an activating group) is 1. The monoisotopic (exact) mass is 424 g/mol. The van der Waals surface area contributed by atoms with Gasteiger partial charge in [-0.1, -0.05) is 55.2 Å². The quantitative estimate of drug-likeness (QED) is 0.603. The second kappa shape index (κ2) is 8.26. The number of amides is 1. The van der Waals surface area contributed by atoms with E-state index in [0.29, 0.717) is 5.39 Å². The lowest BCUT2D eigenvalue weighted by Crippen LogP contribution is -2.40. The Morgan fingerprint density at radius 3 is 2.40 bits per heavy atom. The summed E-state index contributed by atoms with van der Waals surface area (Å²) in [6.45, 7) is 2.06. The second-order valence-corrected chi connectivity index (χ2v) is 10.2. The Labute approximate surface area is 178 Å². The van der Waals surface area contributed by atoms with Crippen LogP contribution in [-0.4, -0.2) is 36.9 Å². The molecule has 158 valence electrons. The molecule has 1 fully saturated rings. The maximum atomic E-state index is 13.3. The Hall–Kier alpha value is -2.60. The van der Waals surface area contributed by atoms with Crippen LogP contribution in [0.25, 0.3) is 10.9 Å². The van der Waals surface area contributed by atoms with Gasteiger partial charge in [0.2, 0.25) is 15.7 Å². The Bertz CT molecular complexity index is 1160. The van der Waals surface area contributed by atoms with Gasteiger partial charge in [0.05, 0.1) is 9.79 Å². The Morgan fingerprint density at radius 2 is 1.70 bits per heavy atom. The zero-order chi connectivity index (χ0) is 21.3. The van der Waals surface area contributed by atoms with Crippen LogP contribution < -0.4 is 0 Å². The molecule has 0 bridgehead atoms. The van der Waals surface area contributed by atoms with E-state index >= 15 is 0 Å². The highest BCUT2D eigenvalue weighted by Crippen LogP contribution is 2.30. The van der Waals surface area contributed by atoms with Crippen molar-refractivity contribution in [3.63, 3.8) is 0 Å². The highest BCUT2D eigenvalue weighted by atomic mass is 32.2. The summed E-state index contributed by atoms with van der Waals surface area (Å²) in [4.78, 5) is 15.3. The molecule has 1 amide bonds. The number of benzene rings is 2. The van der Waals surface area contributed by atoms with Crippen molar-refractivity contribution in [3.8, 4) is 0 Å². The first kappa shape index (κ1) is 20.7. The molecule has 6 heteroatoms. The van der Waals surface area contributed by atoms with Crippen LogP contribution in [0, 0.1) is 6.92 Å². The molecule has 1 heterocycles. The molecule has 5 nitrogen and oxygen atoms in total. The number of hydrogen-bond donors (Lipinski definition) is 0. The van der Waals surface area contributed by atoms with E-state index in [-0.39, 0.29) is 28.3 Å². The smallest absolute Gasteiger partial charge is 0.242 e. The van der Waals surface area contributed by atoms with E-state index < -0.39 is 9.84 Å². The number of carbonyl (C=O) groups excluding carboxylic acids is 1. The second-order valence-electron chi connectivity index (χ2n) is 8.25. The molecule has 1 aliphatic carbocycles. The van der Waals surface area contributed by atoms with E-state index in [1.54, 1.807) is 35.0 Å². The number of hydrogen-bond acceptors (Lipinski definition) is 3. The van der Waals surface area contributed by atoms with Crippen molar-refractivity contribution in [1.29, 1.82) is 0 Å². The van der Waals surface area contributed by atoms with Crippen molar-refractivity contribution < 1.29 is 13.2 Å². The number of para-hydroxylation sites is 1. The molecule has 0 unspecified atom stereocenters. The number of nitrogens with zero attached hydrogens (tertiary/aromatic N) is 2. The highest BCUT2D eigenvalue weighted by molar-refractivity contribution is 7.91. The van der Waals surface area contributed by atoms with Gasteiger partial charge in [-0.15, -0.1) is 0 Å². The fourth-order valence-corrected chi connectivity index (χ4v) is 5.81. The van der Waals surface area contributed by atoms with Gasteiger partial charge in [-0.25, -0.2) is 8.42 Å². The molecule has 0 spiro atoms. The third-order valence-electron chi connectivity index (χ3n) is 6.19. The van der Waals surface area contributed by atoms with Crippen LogP contribution in [0.5, 0.6) is 0 Å². The lowest BCUT2D eigenvalue weighted by atomic mass is 9.94. The van der Waals surface area contributed by atoms with E-state index in [0.717, 1.165) is 36.8 Å². The summed E-state index contributed by atoms with van der Waals surface area (Å²) in [7, 11) is -1.81. The first-order valence-corrected chi connectivity index (χ1v) is 12.0. The van der Waals surface area contributed by atoms with E-state index in [1.807, 2.05) is 43.1 Å². The van der Waals surface area contributed by atoms with Gasteiger partial charge in [0.1, 0.15) is 6.54 Å². The summed E-state index contributed by atoms with van der Waals surface area (Å²) in [5.41, 5.74) is 1.77. The number of aryl methyl sites for hydroxylation is 1. The van der Waals surface area contributed by atoms with Crippen LogP contribution in [0.2, 0.25) is 0 Å². The molecule has 1 aliphatic rings. The first-order chi connectivity index (χ1) is 14.4. The largest absolute Gasteiger partial charge is 0.341 e. The number of sulfone groups is 1. The maximum absolute atomic E-state index is 13.3. The summed E-state index contributed by atoms with van der Waals surface area (Å²) in [6, 6.07) is 14.5. The predicted molar refractivity (Wildman–Crippen MR) is 118 cm³/mol. The number of fused-ring (bicyclic) bond motifs is 1. The Balaban J connectivity index is 1.69. The summed E-state index contributed by atoms with van der Waals surface area (Å²) in [6.07, 6.45) is 7.26. The SMILES string of the molecule is Cc1ccc(S(=O)(=O)c2cn(CC(=O)N(C)C3CCCCC3)c3ccccc23)cc1. The molecule has 30 heavy (non-hydrogen) atoms. The lowest BCUT2D eigenvalue weighted by Gasteiger charge is -2.31. The summed E-state index contributed by atoms with van der Waals surface area (Å²) >= 11 is 0. The van der Waals surface area contributed by atoms with Crippen LogP contribution in [0.1, 0.15) is 37.7 Å². The molecule has 0 radical (unpaired) electrons. The summed E-state index contributed by atoms with van der Waals surface area (Å²) in [5.74, 6) is 0.0157.